The van der Waals surface area contributed by atoms with Gasteiger partial charge in [0.2, 0.25) is 0 Å². The van der Waals surface area contributed by atoms with Crippen LogP contribution in [0.2, 0.25) is 0 Å². The van der Waals surface area contributed by atoms with Gasteiger partial charge in [0, 0.05) is 19.6 Å². The molecule has 2 aromatic rings. The Morgan fingerprint density at radius 3 is 2.04 bits per heavy atom. The molecule has 0 amide bonds. The third-order valence-electron chi connectivity index (χ3n) is 5.78. The molecule has 24 heavy (non-hydrogen) atoms. The largest absolute Gasteiger partial charge is 0.387 e. The van der Waals surface area contributed by atoms with Crippen molar-refractivity contribution in [1.82, 2.24) is 4.90 Å². The Morgan fingerprint density at radius 1 is 0.917 bits per heavy atom. The highest BCUT2D eigenvalue weighted by atomic mass is 16.3. The predicted molar refractivity (Wildman–Crippen MR) is 94.4 cm³/mol. The first-order chi connectivity index (χ1) is 11.6. The fourth-order valence-corrected chi connectivity index (χ4v) is 4.61. The number of benzene rings is 2. The highest BCUT2D eigenvalue weighted by Crippen LogP contribution is 2.49. The van der Waals surface area contributed by atoms with Gasteiger partial charge in [0.25, 0.3) is 0 Å². The van der Waals surface area contributed by atoms with Crippen LogP contribution in [0, 0.1) is 11.8 Å². The Bertz CT molecular complexity index is 659. The molecule has 4 rings (SSSR count). The third-order valence-corrected chi connectivity index (χ3v) is 5.78. The summed E-state index contributed by atoms with van der Waals surface area (Å²) in [6.45, 7) is 2.63. The first kappa shape index (κ1) is 15.8. The lowest BCUT2D eigenvalue weighted by molar-refractivity contribution is 0.0288. The molecule has 3 nitrogen and oxygen atoms in total. The van der Waals surface area contributed by atoms with E-state index >= 15 is 0 Å². The van der Waals surface area contributed by atoms with Crippen LogP contribution in [0.25, 0.3) is 0 Å². The van der Waals surface area contributed by atoms with Gasteiger partial charge in [0.15, 0.2) is 0 Å². The van der Waals surface area contributed by atoms with Gasteiger partial charge in [0.1, 0.15) is 0 Å². The van der Waals surface area contributed by atoms with Crippen molar-refractivity contribution in [2.24, 2.45) is 11.8 Å². The van der Waals surface area contributed by atoms with Crippen molar-refractivity contribution < 1.29 is 10.2 Å². The second kappa shape index (κ2) is 6.32. The van der Waals surface area contributed by atoms with E-state index in [-0.39, 0.29) is 0 Å². The van der Waals surface area contributed by atoms with E-state index in [1.165, 1.54) is 0 Å². The second-order valence-electron chi connectivity index (χ2n) is 7.47. The number of aliphatic hydroxyl groups excluding tert-OH is 1. The van der Waals surface area contributed by atoms with Crippen LogP contribution in [0.3, 0.4) is 0 Å². The molecule has 3 heteroatoms. The van der Waals surface area contributed by atoms with Crippen LogP contribution in [-0.2, 0) is 5.60 Å². The molecule has 0 spiro atoms. The molecule has 2 fully saturated rings. The molecule has 1 saturated heterocycles. The predicted octanol–water partition coefficient (Wildman–Crippen LogP) is 2.95. The van der Waals surface area contributed by atoms with E-state index in [0.29, 0.717) is 18.4 Å². The molecule has 1 saturated carbocycles. The normalized spacial score (nSPS) is 31.1. The van der Waals surface area contributed by atoms with Crippen molar-refractivity contribution in [3.8, 4) is 0 Å². The molecule has 3 atom stereocenters. The first-order valence-corrected chi connectivity index (χ1v) is 8.87. The highest BCUT2D eigenvalue weighted by molar-refractivity contribution is 5.25. The van der Waals surface area contributed by atoms with E-state index in [1.807, 2.05) is 60.7 Å². The lowest BCUT2D eigenvalue weighted by Crippen LogP contribution is -2.30. The fraction of sp³-hybridized carbons (Fsp3) is 0.429. The van der Waals surface area contributed by atoms with Gasteiger partial charge < -0.3 is 10.2 Å². The van der Waals surface area contributed by atoms with Crippen molar-refractivity contribution in [2.75, 3.05) is 19.6 Å². The smallest absolute Gasteiger partial charge is 0.0916 e. The zero-order chi connectivity index (χ0) is 16.6. The van der Waals surface area contributed by atoms with Crippen LogP contribution in [0.15, 0.2) is 60.7 Å². The van der Waals surface area contributed by atoms with Gasteiger partial charge in [-0.2, -0.15) is 0 Å². The zero-order valence-corrected chi connectivity index (χ0v) is 13.9. The number of aliphatic hydroxyl groups is 2. The molecule has 1 aliphatic carbocycles. The summed E-state index contributed by atoms with van der Waals surface area (Å²) in [6, 6.07) is 20.0. The topological polar surface area (TPSA) is 43.7 Å². The van der Waals surface area contributed by atoms with Crippen molar-refractivity contribution in [1.29, 1.82) is 0 Å². The van der Waals surface area contributed by atoms with Crippen molar-refractivity contribution in [3.63, 3.8) is 0 Å². The summed E-state index contributed by atoms with van der Waals surface area (Å²) in [6.07, 6.45) is 1.23. The number of β-amino-alcohol motifs (C(OH)–C–C–N with tert-alkyl or cyclic N) is 1. The van der Waals surface area contributed by atoms with Crippen LogP contribution in [0.5, 0.6) is 0 Å². The molecule has 2 aliphatic rings. The van der Waals surface area contributed by atoms with E-state index in [9.17, 15) is 10.2 Å². The summed E-state index contributed by atoms with van der Waals surface area (Å²) >= 11 is 0. The molecule has 1 aliphatic heterocycles. The summed E-state index contributed by atoms with van der Waals surface area (Å²) in [5.41, 5.74) is 1.37. The van der Waals surface area contributed by atoms with E-state index in [1.54, 1.807) is 0 Å². The maximum atomic E-state index is 11.0. The minimum absolute atomic E-state index is 0.432. The van der Waals surface area contributed by atoms with Crippen LogP contribution < -0.4 is 0 Å². The third kappa shape index (κ3) is 3.00. The summed E-state index contributed by atoms with van der Waals surface area (Å²) in [7, 11) is 0. The number of hydrogen-bond acceptors (Lipinski definition) is 3. The molecule has 0 bridgehead atoms. The molecule has 3 unspecified atom stereocenters. The summed E-state index contributed by atoms with van der Waals surface area (Å²) < 4.78 is 0. The summed E-state index contributed by atoms with van der Waals surface area (Å²) in [5, 5.41) is 21.5. The summed E-state index contributed by atoms with van der Waals surface area (Å²) in [5.74, 6) is 1.05. The molecule has 126 valence electrons. The Labute approximate surface area is 143 Å². The van der Waals surface area contributed by atoms with E-state index in [0.717, 1.165) is 37.1 Å². The molecule has 0 radical (unpaired) electrons. The van der Waals surface area contributed by atoms with Gasteiger partial charge in [-0.05, 0) is 35.8 Å². The minimum atomic E-state index is -0.666. The van der Waals surface area contributed by atoms with Crippen LogP contribution in [0.1, 0.15) is 30.1 Å². The molecule has 2 aromatic carbocycles. The monoisotopic (exact) mass is 323 g/mol. The molecule has 1 heterocycles. The Kier molecular flexibility index (Phi) is 4.17. The average molecular weight is 323 g/mol. The lowest BCUT2D eigenvalue weighted by Gasteiger charge is -2.27. The number of fused-ring (bicyclic) bond motifs is 1. The molecule has 0 aromatic heterocycles. The second-order valence-corrected chi connectivity index (χ2v) is 7.47. The van der Waals surface area contributed by atoms with Gasteiger partial charge >= 0.3 is 0 Å². The first-order valence-electron chi connectivity index (χ1n) is 8.87. The molecule has 2 N–H and O–H groups in total. The van der Waals surface area contributed by atoms with E-state index < -0.39 is 11.7 Å². The van der Waals surface area contributed by atoms with Crippen molar-refractivity contribution >= 4 is 0 Å². The average Bonchev–Trinajstić information content (AvgIpc) is 3.11. The SMILES string of the molecule is OC(CN1CC2CC(O)(c3ccccc3)CC2C1)c1ccccc1. The van der Waals surface area contributed by atoms with Crippen molar-refractivity contribution in [3.05, 3.63) is 71.8 Å². The zero-order valence-electron chi connectivity index (χ0n) is 13.9. The van der Waals surface area contributed by atoms with Gasteiger partial charge in [-0.1, -0.05) is 60.7 Å². The lowest BCUT2D eigenvalue weighted by atomic mass is 9.90. The highest BCUT2D eigenvalue weighted by Gasteiger charge is 2.48. The minimum Gasteiger partial charge on any atom is -0.387 e. The molecular formula is C21H25NO2. The van der Waals surface area contributed by atoms with Gasteiger partial charge in [-0.15, -0.1) is 0 Å². The van der Waals surface area contributed by atoms with Gasteiger partial charge in [-0.25, -0.2) is 0 Å². The maximum Gasteiger partial charge on any atom is 0.0916 e. The fourth-order valence-electron chi connectivity index (χ4n) is 4.61. The number of nitrogens with zero attached hydrogens (tertiary/aromatic N) is 1. The van der Waals surface area contributed by atoms with Crippen LogP contribution >= 0.6 is 0 Å². The number of rotatable bonds is 4. The molecular weight excluding hydrogens is 298 g/mol. The van der Waals surface area contributed by atoms with Crippen molar-refractivity contribution in [2.45, 2.75) is 24.5 Å². The Balaban J connectivity index is 1.38. The number of likely N-dealkylation sites (tertiary alicyclic amines) is 1. The van der Waals surface area contributed by atoms with Gasteiger partial charge in [0.05, 0.1) is 11.7 Å². The van der Waals surface area contributed by atoms with Crippen LogP contribution in [0.4, 0.5) is 0 Å². The number of hydrogen-bond donors (Lipinski definition) is 2. The van der Waals surface area contributed by atoms with E-state index in [2.05, 4.69) is 4.90 Å². The standard InChI is InChI=1S/C21H25NO2/c23-20(16-7-3-1-4-8-16)15-22-13-17-11-21(24,12-18(17)14-22)19-9-5-2-6-10-19/h1-10,17-18,20,23-24H,11-15H2. The maximum absolute atomic E-state index is 11.0. The van der Waals surface area contributed by atoms with Crippen LogP contribution in [-0.4, -0.2) is 34.7 Å². The van der Waals surface area contributed by atoms with E-state index in [4.69, 9.17) is 0 Å². The Hall–Kier alpha value is -1.68. The Morgan fingerprint density at radius 2 is 1.46 bits per heavy atom. The summed E-state index contributed by atoms with van der Waals surface area (Å²) in [4.78, 5) is 2.36. The van der Waals surface area contributed by atoms with Gasteiger partial charge in [-0.3, -0.25) is 4.90 Å². The quantitative estimate of drug-likeness (QED) is 0.909.